The van der Waals surface area contributed by atoms with E-state index in [0.29, 0.717) is 71.5 Å². The van der Waals surface area contributed by atoms with Crippen LogP contribution in [0.15, 0.2) is 60.2 Å². The molecule has 0 radical (unpaired) electrons. The maximum atomic E-state index is 14.0. The lowest BCUT2D eigenvalue weighted by Gasteiger charge is -2.35. The first-order valence-corrected chi connectivity index (χ1v) is 29.3. The summed E-state index contributed by atoms with van der Waals surface area (Å²) in [5.41, 5.74) is 5.98. The number of thiazole rings is 2. The van der Waals surface area contributed by atoms with Crippen LogP contribution in [0, 0.1) is 26.2 Å². The number of benzene rings is 2. The van der Waals surface area contributed by atoms with Gasteiger partial charge in [-0.1, -0.05) is 144 Å². The van der Waals surface area contributed by atoms with Crippen molar-refractivity contribution in [2.75, 3.05) is 54.8 Å². The van der Waals surface area contributed by atoms with Gasteiger partial charge in [0.1, 0.15) is 28.4 Å². The molecule has 2 saturated heterocycles. The molecular formula is C57H78ClN11O5S2. The van der Waals surface area contributed by atoms with Crippen LogP contribution in [0.3, 0.4) is 0 Å². The van der Waals surface area contributed by atoms with Crippen LogP contribution in [0.1, 0.15) is 143 Å². The van der Waals surface area contributed by atoms with Gasteiger partial charge in [0.2, 0.25) is 17.7 Å². The van der Waals surface area contributed by atoms with Gasteiger partial charge in [-0.2, -0.15) is 0 Å². The average Bonchev–Trinajstić information content (AvgIpc) is 4.16. The highest BCUT2D eigenvalue weighted by Gasteiger charge is 2.43. The number of aryl methyl sites for hydroxylation is 3. The summed E-state index contributed by atoms with van der Waals surface area (Å²) in [6.07, 6.45) is 15.3. The third kappa shape index (κ3) is 16.7. The zero-order valence-corrected chi connectivity index (χ0v) is 47.6. The SMILES string of the molecule is Cc1nc(Nc2ncc(C(=O)Nc3c(C)cccc3Cl)s2)cc(N2CCN(C(=O)CCCCCCCCCCCCCCNC(C(=O)N3C[C@H](O)C[C@H]3C(=O)NCc3ccc(-c4scnc4C)cc3)C(C)(C)C)CC2)n1. The Labute approximate surface area is 462 Å². The molecule has 3 atom stereocenters. The molecule has 2 aromatic carbocycles. The molecule has 2 aliphatic heterocycles. The Morgan fingerprint density at radius 1 is 0.842 bits per heavy atom. The van der Waals surface area contributed by atoms with Gasteiger partial charge in [0.15, 0.2) is 5.13 Å². The van der Waals surface area contributed by atoms with Crippen LogP contribution in [0.5, 0.6) is 0 Å². The van der Waals surface area contributed by atoms with E-state index in [1.165, 1.54) is 56.1 Å². The van der Waals surface area contributed by atoms with Gasteiger partial charge < -0.3 is 41.1 Å². The molecule has 5 aromatic rings. The molecule has 1 unspecified atom stereocenters. The Kier molecular flexibility index (Phi) is 21.6. The zero-order chi connectivity index (χ0) is 54.2. The fourth-order valence-corrected chi connectivity index (χ4v) is 11.7. The number of nitrogens with one attached hydrogen (secondary N) is 4. The Bertz CT molecular complexity index is 2680. The van der Waals surface area contributed by atoms with Crippen molar-refractivity contribution < 1.29 is 24.3 Å². The van der Waals surface area contributed by atoms with Crippen LogP contribution in [0.2, 0.25) is 5.02 Å². The number of aromatic nitrogens is 4. The Balaban J connectivity index is 0.702. The predicted octanol–water partition coefficient (Wildman–Crippen LogP) is 10.6. The van der Waals surface area contributed by atoms with Gasteiger partial charge in [0.25, 0.3) is 5.91 Å². The van der Waals surface area contributed by atoms with Crippen LogP contribution in [-0.4, -0.2) is 116 Å². The first kappa shape index (κ1) is 58.2. The van der Waals surface area contributed by atoms with E-state index in [2.05, 4.69) is 46.1 Å². The standard InChI is InChI=1S/C57H78ClN11O5S2/c1-38-20-19-21-44(58)50(38)66-54(73)46-35-61-56(76-46)65-47-33-48(64-40(3)63-47)67-28-30-68(31-29-67)49(71)22-17-15-13-11-9-7-8-10-12-14-16-18-27-59-52(57(4,5)6)55(74)69-36-43(70)32-45(69)53(72)60-34-41-23-25-42(26-24-41)51-39(2)62-37-75-51/h19-21,23-26,33,35,37,43,45,52,59,70H,7-18,22,27-32,34,36H2,1-6H3,(H,60,72)(H,66,73)(H,61,63,64,65)/t43-,45+,52?/m1/s1. The number of unbranched alkanes of at least 4 members (excludes halogenated alkanes) is 11. The van der Waals surface area contributed by atoms with Crippen molar-refractivity contribution in [3.05, 3.63) is 92.8 Å². The molecule has 0 spiro atoms. The molecule has 0 aliphatic carbocycles. The molecule has 76 heavy (non-hydrogen) atoms. The van der Waals surface area contributed by atoms with Crippen molar-refractivity contribution >= 4 is 80.4 Å². The molecule has 4 amide bonds. The second-order valence-electron chi connectivity index (χ2n) is 21.4. The summed E-state index contributed by atoms with van der Waals surface area (Å²) in [7, 11) is 0. The number of para-hydroxylation sites is 1. The number of aliphatic hydroxyl groups excluding tert-OH is 1. The summed E-state index contributed by atoms with van der Waals surface area (Å²) in [4.78, 5) is 78.9. The molecular weight excluding hydrogens is 1020 g/mol. The summed E-state index contributed by atoms with van der Waals surface area (Å²) in [6, 6.07) is 14.3. The molecule has 16 nitrogen and oxygen atoms in total. The van der Waals surface area contributed by atoms with E-state index < -0.39 is 18.2 Å². The number of likely N-dealkylation sites (tertiary alicyclic amines) is 1. The molecule has 19 heteroatoms. The van der Waals surface area contributed by atoms with E-state index in [-0.39, 0.29) is 42.0 Å². The number of β-amino-alcohol motifs (C(OH)–C–C–N with tert-alkyl or cyclic N) is 1. The largest absolute Gasteiger partial charge is 0.391 e. The van der Waals surface area contributed by atoms with E-state index in [0.717, 1.165) is 78.1 Å². The first-order chi connectivity index (χ1) is 36.5. The third-order valence-electron chi connectivity index (χ3n) is 14.3. The van der Waals surface area contributed by atoms with Gasteiger partial charge in [-0.25, -0.2) is 19.9 Å². The van der Waals surface area contributed by atoms with Gasteiger partial charge in [-0.3, -0.25) is 19.2 Å². The summed E-state index contributed by atoms with van der Waals surface area (Å²) < 4.78 is 0. The molecule has 410 valence electrons. The maximum absolute atomic E-state index is 14.0. The van der Waals surface area contributed by atoms with Crippen LogP contribution < -0.4 is 26.2 Å². The molecule has 0 bridgehead atoms. The normalized spacial score (nSPS) is 16.2. The van der Waals surface area contributed by atoms with E-state index in [1.54, 1.807) is 22.3 Å². The quantitative estimate of drug-likeness (QED) is 0.0329. The van der Waals surface area contributed by atoms with Crippen molar-refractivity contribution in [1.29, 1.82) is 0 Å². The highest BCUT2D eigenvalue weighted by atomic mass is 35.5. The van der Waals surface area contributed by atoms with Crippen LogP contribution in [-0.2, 0) is 20.9 Å². The molecule has 5 N–H and O–H groups in total. The van der Waals surface area contributed by atoms with Gasteiger partial charge in [-0.05, 0) is 68.3 Å². The van der Waals surface area contributed by atoms with E-state index in [1.807, 2.05) is 94.4 Å². The second kappa shape index (κ2) is 28.2. The highest BCUT2D eigenvalue weighted by Crippen LogP contribution is 2.31. The van der Waals surface area contributed by atoms with E-state index in [4.69, 9.17) is 11.6 Å². The van der Waals surface area contributed by atoms with Crippen molar-refractivity contribution in [2.24, 2.45) is 5.41 Å². The number of hydrogen-bond donors (Lipinski definition) is 5. The molecule has 2 aliphatic rings. The Hall–Kier alpha value is -5.53. The number of piperazine rings is 1. The van der Waals surface area contributed by atoms with Gasteiger partial charge in [0, 0.05) is 58.2 Å². The van der Waals surface area contributed by atoms with Gasteiger partial charge in [0.05, 0.1) is 45.1 Å². The fraction of sp³-hybridized carbons (Fsp3) is 0.544. The van der Waals surface area contributed by atoms with Crippen molar-refractivity contribution in [3.63, 3.8) is 0 Å². The molecule has 5 heterocycles. The molecule has 0 saturated carbocycles. The number of amides is 4. The summed E-state index contributed by atoms with van der Waals surface area (Å²) >= 11 is 9.14. The second-order valence-corrected chi connectivity index (χ2v) is 23.7. The van der Waals surface area contributed by atoms with Crippen molar-refractivity contribution in [2.45, 2.75) is 156 Å². The molecule has 2 fully saturated rings. The van der Waals surface area contributed by atoms with Crippen LogP contribution in [0.25, 0.3) is 10.4 Å². The topological polar surface area (TPSA) is 198 Å². The predicted molar refractivity (Wildman–Crippen MR) is 307 cm³/mol. The average molecular weight is 1100 g/mol. The minimum atomic E-state index is -0.739. The molecule has 7 rings (SSSR count). The minimum Gasteiger partial charge on any atom is -0.391 e. The van der Waals surface area contributed by atoms with Crippen molar-refractivity contribution in [1.82, 2.24) is 40.4 Å². The number of aliphatic hydroxyl groups is 1. The number of rotatable bonds is 26. The number of halogens is 1. The number of carbonyl (C=O) groups excluding carboxylic acids is 4. The monoisotopic (exact) mass is 1100 g/mol. The smallest absolute Gasteiger partial charge is 0.267 e. The number of hydrogen-bond acceptors (Lipinski definition) is 14. The number of carbonyl (C=O) groups is 4. The lowest BCUT2D eigenvalue weighted by Crippen LogP contribution is -2.56. The van der Waals surface area contributed by atoms with E-state index >= 15 is 0 Å². The van der Waals surface area contributed by atoms with E-state index in [9.17, 15) is 24.3 Å². The Morgan fingerprint density at radius 3 is 2.16 bits per heavy atom. The van der Waals surface area contributed by atoms with Crippen LogP contribution >= 0.6 is 34.3 Å². The fourth-order valence-electron chi connectivity index (χ4n) is 9.94. The lowest BCUT2D eigenvalue weighted by molar-refractivity contribution is -0.142. The molecule has 3 aromatic heterocycles. The van der Waals surface area contributed by atoms with Gasteiger partial charge in [-0.15, -0.1) is 11.3 Å². The minimum absolute atomic E-state index is 0.131. The third-order valence-corrected chi connectivity index (χ3v) is 16.5. The maximum Gasteiger partial charge on any atom is 0.267 e. The number of anilines is 4. The number of nitrogens with zero attached hydrogens (tertiary/aromatic N) is 7. The zero-order valence-electron chi connectivity index (χ0n) is 45.3. The lowest BCUT2D eigenvalue weighted by atomic mass is 9.85. The highest BCUT2D eigenvalue weighted by molar-refractivity contribution is 7.17. The summed E-state index contributed by atoms with van der Waals surface area (Å²) in [6.45, 7) is 15.8. The van der Waals surface area contributed by atoms with Crippen molar-refractivity contribution in [3.8, 4) is 10.4 Å². The van der Waals surface area contributed by atoms with Crippen LogP contribution in [0.4, 0.5) is 22.5 Å². The Morgan fingerprint density at radius 2 is 1.51 bits per heavy atom. The van der Waals surface area contributed by atoms with Gasteiger partial charge >= 0.3 is 0 Å². The first-order valence-electron chi connectivity index (χ1n) is 27.2. The summed E-state index contributed by atoms with van der Waals surface area (Å²) in [5.74, 6) is 1.54. The summed E-state index contributed by atoms with van der Waals surface area (Å²) in [5, 5.41) is 24.3.